The number of benzene rings is 6. The average Bonchev–Trinajstić information content (AvgIpc) is 3.26. The molecule has 0 atom stereocenters. The molecule has 0 aromatic heterocycles. The molecule has 0 fully saturated rings. The summed E-state index contributed by atoms with van der Waals surface area (Å²) >= 11 is 0. The van der Waals surface area contributed by atoms with E-state index in [4.69, 9.17) is 0 Å². The summed E-state index contributed by atoms with van der Waals surface area (Å²) in [5.41, 5.74) is 7.40. The van der Waals surface area contributed by atoms with Gasteiger partial charge in [-0.25, -0.2) is 0 Å². The Morgan fingerprint density at radius 1 is 0.258 bits per heavy atom. The number of rotatable bonds is 5. The maximum absolute atomic E-state index is 3.11. The molecule has 0 radical (unpaired) electrons. The SMILES string of the molecule is C(#Cc1ccccc1)c1ccccc1.C(=Cc1ccccc1)c1ccccc1.CC(C)C.CC(C)C.CC(C)C.CC(C)C.CC(C)C.CC(C)C.c1ccc(CCc2ccccc2)cc1. The van der Waals surface area contributed by atoms with E-state index in [1.807, 2.05) is 97.1 Å². The maximum Gasteiger partial charge on any atom is 0.0249 e. The monoisotopic (exact) mass is 889 g/mol. The van der Waals surface area contributed by atoms with Crippen molar-refractivity contribution in [3.63, 3.8) is 0 Å². The molecule has 0 aliphatic rings. The van der Waals surface area contributed by atoms with Crippen LogP contribution in [0.15, 0.2) is 182 Å². The minimum atomic E-state index is 0.833. The van der Waals surface area contributed by atoms with Crippen LogP contribution in [-0.4, -0.2) is 0 Å². The Kier molecular flexibility index (Phi) is 45.4. The van der Waals surface area contributed by atoms with Gasteiger partial charge in [0, 0.05) is 11.1 Å². The van der Waals surface area contributed by atoms with Gasteiger partial charge >= 0.3 is 0 Å². The topological polar surface area (TPSA) is 0 Å². The summed E-state index contributed by atoms with van der Waals surface area (Å²) < 4.78 is 0. The van der Waals surface area contributed by atoms with E-state index in [9.17, 15) is 0 Å². The number of aryl methyl sites for hydroxylation is 2. The Hall–Kier alpha value is -5.38. The van der Waals surface area contributed by atoms with E-state index < -0.39 is 0 Å². The third kappa shape index (κ3) is 58.6. The molecule has 0 spiro atoms. The first-order valence-electron chi connectivity index (χ1n) is 24.7. The normalized spacial score (nSPS) is 9.52. The molecule has 66 heavy (non-hydrogen) atoms. The lowest BCUT2D eigenvalue weighted by atomic mass is 10.0. The molecular formula is C66H96. The van der Waals surface area contributed by atoms with Gasteiger partial charge in [-0.2, -0.15) is 0 Å². The molecule has 0 saturated heterocycles. The van der Waals surface area contributed by atoms with Gasteiger partial charge in [-0.3, -0.25) is 0 Å². The molecular weight excluding hydrogens is 793 g/mol. The molecule has 0 aliphatic heterocycles. The van der Waals surface area contributed by atoms with Gasteiger partial charge in [-0.1, -0.05) is 306 Å². The zero-order valence-electron chi connectivity index (χ0n) is 45.4. The highest BCUT2D eigenvalue weighted by Gasteiger charge is 1.93. The van der Waals surface area contributed by atoms with Crippen molar-refractivity contribution in [3.05, 3.63) is 215 Å². The van der Waals surface area contributed by atoms with Gasteiger partial charge in [0.05, 0.1) is 0 Å². The summed E-state index contributed by atoms with van der Waals surface area (Å²) in [5, 5.41) is 0. The van der Waals surface area contributed by atoms with Crippen LogP contribution in [0.4, 0.5) is 0 Å². The molecule has 6 aromatic rings. The van der Waals surface area contributed by atoms with Crippen LogP contribution in [0.2, 0.25) is 0 Å². The van der Waals surface area contributed by atoms with Gasteiger partial charge in [0.15, 0.2) is 0 Å². The highest BCUT2D eigenvalue weighted by atomic mass is 14.0. The first kappa shape index (κ1) is 64.9. The molecule has 6 aromatic carbocycles. The molecule has 0 nitrogen and oxygen atoms in total. The van der Waals surface area contributed by atoms with Crippen LogP contribution in [0.3, 0.4) is 0 Å². The van der Waals surface area contributed by atoms with Crippen LogP contribution in [-0.2, 0) is 12.8 Å². The van der Waals surface area contributed by atoms with Gasteiger partial charge in [0.25, 0.3) is 0 Å². The van der Waals surface area contributed by atoms with Crippen molar-refractivity contribution >= 4 is 12.2 Å². The van der Waals surface area contributed by atoms with Crippen molar-refractivity contribution in [1.29, 1.82) is 0 Å². The molecule has 0 aliphatic carbocycles. The lowest BCUT2D eigenvalue weighted by molar-refractivity contribution is 0.736. The molecule has 0 bridgehead atoms. The molecule has 0 heteroatoms. The van der Waals surface area contributed by atoms with Crippen LogP contribution < -0.4 is 0 Å². The second kappa shape index (κ2) is 46.2. The van der Waals surface area contributed by atoms with Gasteiger partial charge in [0.1, 0.15) is 0 Å². The van der Waals surface area contributed by atoms with E-state index in [2.05, 4.69) is 234 Å². The summed E-state index contributed by atoms with van der Waals surface area (Å²) in [5.74, 6) is 11.2. The molecule has 0 saturated carbocycles. The molecule has 6 rings (SSSR count). The fourth-order valence-electron chi connectivity index (χ4n) is 4.09. The maximum atomic E-state index is 3.11. The lowest BCUT2D eigenvalue weighted by Crippen LogP contribution is -1.89. The van der Waals surface area contributed by atoms with Crippen LogP contribution in [0, 0.1) is 47.3 Å². The van der Waals surface area contributed by atoms with Crippen molar-refractivity contribution in [2.75, 3.05) is 0 Å². The minimum absolute atomic E-state index is 0.833. The summed E-state index contributed by atoms with van der Waals surface area (Å²) in [6.45, 7) is 39.0. The predicted octanol–water partition coefficient (Wildman–Crippen LogP) is 20.4. The second-order valence-electron chi connectivity index (χ2n) is 20.0. The lowest BCUT2D eigenvalue weighted by Gasteiger charge is -2.01. The fraction of sp³-hybridized carbons (Fsp3) is 0.394. The minimum Gasteiger partial charge on any atom is -0.0630 e. The van der Waals surface area contributed by atoms with Gasteiger partial charge in [-0.05, 0) is 94.9 Å². The Morgan fingerprint density at radius 2 is 0.424 bits per heavy atom. The first-order valence-corrected chi connectivity index (χ1v) is 24.7. The van der Waals surface area contributed by atoms with Crippen molar-refractivity contribution in [1.82, 2.24) is 0 Å². The highest BCUT2D eigenvalue weighted by Crippen LogP contribution is 2.08. The third-order valence-electron chi connectivity index (χ3n) is 6.35. The average molecular weight is 889 g/mol. The first-order chi connectivity index (χ1) is 31.2. The van der Waals surface area contributed by atoms with Crippen molar-refractivity contribution in [2.45, 2.75) is 137 Å². The quantitative estimate of drug-likeness (QED) is 0.120. The molecule has 0 amide bonds. The molecule has 0 unspecified atom stereocenters. The zero-order valence-corrected chi connectivity index (χ0v) is 45.4. The van der Waals surface area contributed by atoms with E-state index in [-0.39, 0.29) is 0 Å². The highest BCUT2D eigenvalue weighted by molar-refractivity contribution is 5.69. The van der Waals surface area contributed by atoms with Crippen molar-refractivity contribution < 1.29 is 0 Å². The summed E-state index contributed by atoms with van der Waals surface area (Å²) in [6, 6.07) is 61.9. The van der Waals surface area contributed by atoms with Gasteiger partial charge < -0.3 is 0 Å². The fourth-order valence-corrected chi connectivity index (χ4v) is 4.09. The van der Waals surface area contributed by atoms with Gasteiger partial charge in [0.2, 0.25) is 0 Å². The summed E-state index contributed by atoms with van der Waals surface area (Å²) in [4.78, 5) is 0. The zero-order chi connectivity index (χ0) is 50.4. The second-order valence-corrected chi connectivity index (χ2v) is 20.0. The molecule has 0 N–H and O–H groups in total. The number of hydrogen-bond acceptors (Lipinski definition) is 0. The van der Waals surface area contributed by atoms with E-state index >= 15 is 0 Å². The Morgan fingerprint density at radius 3 is 0.621 bits per heavy atom. The summed E-state index contributed by atoms with van der Waals surface area (Å²) in [7, 11) is 0. The Bertz CT molecular complexity index is 1720. The van der Waals surface area contributed by atoms with Crippen LogP contribution in [0.5, 0.6) is 0 Å². The van der Waals surface area contributed by atoms with E-state index in [1.165, 1.54) is 22.3 Å². The summed E-state index contributed by atoms with van der Waals surface area (Å²) in [6.07, 6.45) is 6.50. The van der Waals surface area contributed by atoms with Gasteiger partial charge in [-0.15, -0.1) is 0 Å². The van der Waals surface area contributed by atoms with Crippen molar-refractivity contribution in [2.24, 2.45) is 35.5 Å². The Labute approximate surface area is 410 Å². The smallest absolute Gasteiger partial charge is 0.0249 e. The Balaban J connectivity index is -0.000000728. The van der Waals surface area contributed by atoms with E-state index in [0.717, 1.165) is 59.5 Å². The predicted molar refractivity (Wildman–Crippen MR) is 304 cm³/mol. The third-order valence-corrected chi connectivity index (χ3v) is 6.35. The van der Waals surface area contributed by atoms with E-state index in [0.29, 0.717) is 0 Å². The largest absolute Gasteiger partial charge is 0.0630 e. The van der Waals surface area contributed by atoms with Crippen LogP contribution >= 0.6 is 0 Å². The molecule has 0 heterocycles. The van der Waals surface area contributed by atoms with Crippen LogP contribution in [0.1, 0.15) is 158 Å². The van der Waals surface area contributed by atoms with Crippen LogP contribution in [0.25, 0.3) is 12.2 Å². The number of hydrogen-bond donors (Lipinski definition) is 0. The molecule has 360 valence electrons. The van der Waals surface area contributed by atoms with Crippen molar-refractivity contribution in [3.8, 4) is 11.8 Å². The standard InChI is InChI=1S/C14H14.C14H12.C14H10.6C4H10/c3*1-3-7-13(8-4-1)11-12-14-9-5-2-6-10-14;6*1-4(2)3/h1-10H,11-12H2;1-12H;1-10H;6*4H,1-3H3. The van der Waals surface area contributed by atoms with E-state index in [1.54, 1.807) is 0 Å².